The normalized spacial score (nSPS) is 10.2. The standard InChI is InChI=1S/C9H15N3OS/c1-7(2)4-6-14-9-12-11-8(13-9)3-5-10/h4H,3,5-6,10H2,1-2H3. The smallest absolute Gasteiger partial charge is 0.276 e. The number of rotatable bonds is 5. The number of hydrogen-bond donors (Lipinski definition) is 1. The summed E-state index contributed by atoms with van der Waals surface area (Å²) in [5.74, 6) is 1.49. The van der Waals surface area contributed by atoms with Crippen molar-refractivity contribution < 1.29 is 4.42 Å². The molecule has 0 fully saturated rings. The third kappa shape index (κ3) is 3.93. The van der Waals surface area contributed by atoms with Gasteiger partial charge in [0.05, 0.1) is 0 Å². The molecule has 2 N–H and O–H groups in total. The van der Waals surface area contributed by atoms with E-state index in [4.69, 9.17) is 10.2 Å². The number of allylic oxidation sites excluding steroid dienone is 1. The first-order valence-corrected chi connectivity index (χ1v) is 5.49. The second-order valence-electron chi connectivity index (χ2n) is 3.09. The lowest BCUT2D eigenvalue weighted by molar-refractivity contribution is 0.414. The Balaban J connectivity index is 2.39. The van der Waals surface area contributed by atoms with Gasteiger partial charge in [0.15, 0.2) is 0 Å². The highest BCUT2D eigenvalue weighted by molar-refractivity contribution is 7.99. The van der Waals surface area contributed by atoms with E-state index in [-0.39, 0.29) is 0 Å². The average molecular weight is 213 g/mol. The lowest BCUT2D eigenvalue weighted by Gasteiger charge is -1.90. The van der Waals surface area contributed by atoms with E-state index in [0.29, 0.717) is 24.1 Å². The zero-order valence-corrected chi connectivity index (χ0v) is 9.30. The van der Waals surface area contributed by atoms with Crippen molar-refractivity contribution in [2.45, 2.75) is 25.5 Å². The summed E-state index contributed by atoms with van der Waals surface area (Å²) in [6.07, 6.45) is 2.77. The maximum absolute atomic E-state index is 5.37. The van der Waals surface area contributed by atoms with Gasteiger partial charge in [-0.15, -0.1) is 10.2 Å². The molecule has 0 aliphatic heterocycles. The molecular formula is C9H15N3OS. The van der Waals surface area contributed by atoms with Crippen molar-refractivity contribution in [3.05, 3.63) is 17.5 Å². The Morgan fingerprint density at radius 2 is 2.29 bits per heavy atom. The van der Waals surface area contributed by atoms with Crippen molar-refractivity contribution in [3.8, 4) is 0 Å². The Morgan fingerprint density at radius 3 is 2.93 bits per heavy atom. The van der Waals surface area contributed by atoms with Gasteiger partial charge < -0.3 is 10.2 Å². The van der Waals surface area contributed by atoms with Crippen molar-refractivity contribution in [2.24, 2.45) is 5.73 Å². The predicted octanol–water partition coefficient (Wildman–Crippen LogP) is 1.63. The van der Waals surface area contributed by atoms with Crippen LogP contribution in [-0.2, 0) is 6.42 Å². The van der Waals surface area contributed by atoms with E-state index < -0.39 is 0 Å². The van der Waals surface area contributed by atoms with Gasteiger partial charge in [-0.3, -0.25) is 0 Å². The summed E-state index contributed by atoms with van der Waals surface area (Å²) >= 11 is 1.54. The fraction of sp³-hybridized carbons (Fsp3) is 0.556. The molecule has 0 bridgehead atoms. The van der Waals surface area contributed by atoms with Crippen LogP contribution < -0.4 is 5.73 Å². The molecule has 0 aromatic carbocycles. The summed E-state index contributed by atoms with van der Waals surface area (Å²) in [6.45, 7) is 4.67. The number of aromatic nitrogens is 2. The highest BCUT2D eigenvalue weighted by Gasteiger charge is 2.04. The maximum atomic E-state index is 5.37. The summed E-state index contributed by atoms with van der Waals surface area (Å²) in [7, 11) is 0. The number of nitrogens with zero attached hydrogens (tertiary/aromatic N) is 2. The largest absolute Gasteiger partial charge is 0.416 e. The highest BCUT2D eigenvalue weighted by atomic mass is 32.2. The zero-order chi connectivity index (χ0) is 10.4. The van der Waals surface area contributed by atoms with Crippen LogP contribution in [0.3, 0.4) is 0 Å². The van der Waals surface area contributed by atoms with Crippen molar-refractivity contribution in [3.63, 3.8) is 0 Å². The predicted molar refractivity (Wildman–Crippen MR) is 57.2 cm³/mol. The van der Waals surface area contributed by atoms with Gasteiger partial charge in [-0.25, -0.2) is 0 Å². The molecule has 1 aromatic heterocycles. The Labute approximate surface area is 88.0 Å². The molecule has 5 heteroatoms. The molecule has 0 saturated carbocycles. The maximum Gasteiger partial charge on any atom is 0.276 e. The highest BCUT2D eigenvalue weighted by Crippen LogP contribution is 2.16. The summed E-state index contributed by atoms with van der Waals surface area (Å²) in [5.41, 5.74) is 6.66. The topological polar surface area (TPSA) is 64.9 Å². The first-order valence-electron chi connectivity index (χ1n) is 4.51. The van der Waals surface area contributed by atoms with Gasteiger partial charge in [-0.1, -0.05) is 23.4 Å². The van der Waals surface area contributed by atoms with Gasteiger partial charge in [-0.2, -0.15) is 0 Å². The van der Waals surface area contributed by atoms with E-state index in [2.05, 4.69) is 30.1 Å². The van der Waals surface area contributed by atoms with Crippen LogP contribution in [-0.4, -0.2) is 22.5 Å². The van der Waals surface area contributed by atoms with E-state index in [0.717, 1.165) is 5.75 Å². The Morgan fingerprint density at radius 1 is 1.50 bits per heavy atom. The zero-order valence-electron chi connectivity index (χ0n) is 8.49. The van der Waals surface area contributed by atoms with Gasteiger partial charge in [0.2, 0.25) is 5.89 Å². The molecule has 0 radical (unpaired) electrons. The van der Waals surface area contributed by atoms with Crippen LogP contribution in [0.4, 0.5) is 0 Å². The van der Waals surface area contributed by atoms with E-state index >= 15 is 0 Å². The van der Waals surface area contributed by atoms with Crippen LogP contribution in [0.15, 0.2) is 21.3 Å². The Kier molecular flexibility index (Phi) is 4.69. The molecule has 1 aromatic rings. The monoisotopic (exact) mass is 213 g/mol. The number of nitrogens with two attached hydrogens (primary N) is 1. The number of thioether (sulfide) groups is 1. The molecule has 1 rings (SSSR count). The summed E-state index contributed by atoms with van der Waals surface area (Å²) < 4.78 is 5.34. The van der Waals surface area contributed by atoms with Crippen LogP contribution >= 0.6 is 11.8 Å². The molecule has 14 heavy (non-hydrogen) atoms. The first kappa shape index (κ1) is 11.3. The third-order valence-electron chi connectivity index (χ3n) is 1.50. The molecule has 1 heterocycles. The van der Waals surface area contributed by atoms with Crippen molar-refractivity contribution in [2.75, 3.05) is 12.3 Å². The minimum atomic E-state index is 0.542. The molecule has 0 atom stereocenters. The number of hydrogen-bond acceptors (Lipinski definition) is 5. The lowest BCUT2D eigenvalue weighted by atomic mass is 10.3. The molecule has 4 nitrogen and oxygen atoms in total. The Bertz CT molecular complexity index is 305. The molecule has 0 saturated heterocycles. The lowest BCUT2D eigenvalue weighted by Crippen LogP contribution is -2.02. The SMILES string of the molecule is CC(C)=CCSc1nnc(CCN)o1. The molecule has 0 aliphatic rings. The van der Waals surface area contributed by atoms with Crippen LogP contribution in [0.25, 0.3) is 0 Å². The third-order valence-corrected chi connectivity index (χ3v) is 2.25. The molecule has 0 spiro atoms. The Hall–Kier alpha value is -0.810. The quantitative estimate of drug-likeness (QED) is 0.595. The minimum absolute atomic E-state index is 0.542. The van der Waals surface area contributed by atoms with Crippen molar-refractivity contribution in [1.29, 1.82) is 0 Å². The molecular weight excluding hydrogens is 198 g/mol. The molecule has 78 valence electrons. The second kappa shape index (κ2) is 5.82. The second-order valence-corrected chi connectivity index (χ2v) is 4.06. The van der Waals surface area contributed by atoms with Crippen molar-refractivity contribution in [1.82, 2.24) is 10.2 Å². The summed E-state index contributed by atoms with van der Waals surface area (Å²) in [4.78, 5) is 0. The fourth-order valence-electron chi connectivity index (χ4n) is 0.801. The van der Waals surface area contributed by atoms with Crippen LogP contribution in [0.5, 0.6) is 0 Å². The van der Waals surface area contributed by atoms with Gasteiger partial charge in [0, 0.05) is 18.7 Å². The summed E-state index contributed by atoms with van der Waals surface area (Å²) in [6, 6.07) is 0. The molecule has 0 aliphatic carbocycles. The van der Waals surface area contributed by atoms with Gasteiger partial charge in [0.25, 0.3) is 5.22 Å². The minimum Gasteiger partial charge on any atom is -0.416 e. The van der Waals surface area contributed by atoms with Crippen LogP contribution in [0.1, 0.15) is 19.7 Å². The molecule has 0 amide bonds. The summed E-state index contributed by atoms with van der Waals surface area (Å²) in [5, 5.41) is 8.38. The van der Waals surface area contributed by atoms with Crippen LogP contribution in [0, 0.1) is 0 Å². The van der Waals surface area contributed by atoms with Crippen molar-refractivity contribution >= 4 is 11.8 Å². The van der Waals surface area contributed by atoms with Crippen LogP contribution in [0.2, 0.25) is 0 Å². The van der Waals surface area contributed by atoms with Gasteiger partial charge in [0.1, 0.15) is 0 Å². The van der Waals surface area contributed by atoms with E-state index in [1.807, 2.05) is 0 Å². The fourth-order valence-corrected chi connectivity index (χ4v) is 1.61. The van der Waals surface area contributed by atoms with E-state index in [1.54, 1.807) is 0 Å². The van der Waals surface area contributed by atoms with Gasteiger partial charge >= 0.3 is 0 Å². The molecule has 0 unspecified atom stereocenters. The average Bonchev–Trinajstić information content (AvgIpc) is 2.53. The van der Waals surface area contributed by atoms with E-state index in [1.165, 1.54) is 17.3 Å². The van der Waals surface area contributed by atoms with E-state index in [9.17, 15) is 0 Å². The van der Waals surface area contributed by atoms with Gasteiger partial charge in [-0.05, 0) is 13.8 Å². The first-order chi connectivity index (χ1) is 6.72.